The van der Waals surface area contributed by atoms with Crippen LogP contribution in [0.5, 0.6) is 0 Å². The molecule has 2 aliphatic rings. The summed E-state index contributed by atoms with van der Waals surface area (Å²) in [4.78, 5) is 19.7. The molecule has 1 aromatic rings. The monoisotopic (exact) mass is 329 g/mol. The zero-order valence-corrected chi connectivity index (χ0v) is 12.7. The minimum atomic E-state index is -4.59. The minimum Gasteiger partial charge on any atom is -0.375 e. The molecule has 2 aliphatic heterocycles. The number of hydrogen-bond acceptors (Lipinski definition) is 4. The van der Waals surface area contributed by atoms with E-state index in [9.17, 15) is 18.0 Å². The van der Waals surface area contributed by atoms with E-state index < -0.39 is 17.6 Å². The SMILES string of the molecule is CN1CCO[C@H]2CCN(C(=O)c3ccncc3C(F)(F)F)C[C@H]21. The molecule has 0 spiro atoms. The number of fused-ring (bicyclic) bond motifs is 1. The summed E-state index contributed by atoms with van der Waals surface area (Å²) in [5.41, 5.74) is -1.33. The van der Waals surface area contributed by atoms with Crippen molar-refractivity contribution < 1.29 is 22.7 Å². The Kier molecular flexibility index (Phi) is 4.29. The smallest absolute Gasteiger partial charge is 0.375 e. The van der Waals surface area contributed by atoms with Gasteiger partial charge in [-0.25, -0.2) is 0 Å². The number of rotatable bonds is 1. The number of carbonyl (C=O) groups is 1. The molecule has 8 heteroatoms. The van der Waals surface area contributed by atoms with Crippen molar-refractivity contribution >= 4 is 5.91 Å². The van der Waals surface area contributed by atoms with E-state index in [1.54, 1.807) is 0 Å². The first-order valence-corrected chi connectivity index (χ1v) is 7.50. The molecular formula is C15H18F3N3O2. The maximum atomic E-state index is 13.1. The Bertz CT molecular complexity index is 594. The van der Waals surface area contributed by atoms with Crippen LogP contribution in [0.4, 0.5) is 13.2 Å². The molecule has 0 N–H and O–H groups in total. The van der Waals surface area contributed by atoms with E-state index in [0.717, 1.165) is 12.6 Å². The fraction of sp³-hybridized carbons (Fsp3) is 0.600. The lowest BCUT2D eigenvalue weighted by molar-refractivity contribution is -0.138. The summed E-state index contributed by atoms with van der Waals surface area (Å²) < 4.78 is 44.9. The third kappa shape index (κ3) is 3.18. The molecule has 23 heavy (non-hydrogen) atoms. The van der Waals surface area contributed by atoms with Crippen molar-refractivity contribution in [3.8, 4) is 0 Å². The number of nitrogens with zero attached hydrogens (tertiary/aromatic N) is 3. The number of pyridine rings is 1. The highest BCUT2D eigenvalue weighted by molar-refractivity contribution is 5.95. The highest BCUT2D eigenvalue weighted by Crippen LogP contribution is 2.32. The Hall–Kier alpha value is -1.67. The summed E-state index contributed by atoms with van der Waals surface area (Å²) >= 11 is 0. The second-order valence-corrected chi connectivity index (χ2v) is 5.92. The van der Waals surface area contributed by atoms with E-state index in [1.807, 2.05) is 7.05 Å². The van der Waals surface area contributed by atoms with Crippen LogP contribution >= 0.6 is 0 Å². The number of likely N-dealkylation sites (tertiary alicyclic amines) is 1. The van der Waals surface area contributed by atoms with Gasteiger partial charge in [0.05, 0.1) is 29.9 Å². The zero-order chi connectivity index (χ0) is 16.6. The lowest BCUT2D eigenvalue weighted by atomic mass is 9.98. The first-order chi connectivity index (χ1) is 10.9. The summed E-state index contributed by atoms with van der Waals surface area (Å²) in [6, 6.07) is 1.16. The maximum Gasteiger partial charge on any atom is 0.418 e. The first-order valence-electron chi connectivity index (χ1n) is 7.50. The van der Waals surface area contributed by atoms with Gasteiger partial charge >= 0.3 is 6.18 Å². The molecule has 2 saturated heterocycles. The number of likely N-dealkylation sites (N-methyl/N-ethyl adjacent to an activating group) is 1. The van der Waals surface area contributed by atoms with Gasteiger partial charge in [-0.3, -0.25) is 14.7 Å². The van der Waals surface area contributed by atoms with Gasteiger partial charge in [-0.1, -0.05) is 0 Å². The quantitative estimate of drug-likeness (QED) is 0.786. The number of amides is 1. The minimum absolute atomic E-state index is 0.0256. The van der Waals surface area contributed by atoms with Gasteiger partial charge in [-0.05, 0) is 19.5 Å². The number of morpholine rings is 1. The molecule has 0 radical (unpaired) electrons. The van der Waals surface area contributed by atoms with Gasteiger partial charge < -0.3 is 9.64 Å². The molecule has 126 valence electrons. The summed E-state index contributed by atoms with van der Waals surface area (Å²) in [5, 5.41) is 0. The number of aromatic nitrogens is 1. The van der Waals surface area contributed by atoms with Crippen molar-refractivity contribution in [2.24, 2.45) is 0 Å². The van der Waals surface area contributed by atoms with Crippen molar-refractivity contribution in [3.63, 3.8) is 0 Å². The van der Waals surface area contributed by atoms with E-state index in [-0.39, 0.29) is 17.7 Å². The van der Waals surface area contributed by atoms with Crippen LogP contribution in [0.15, 0.2) is 18.5 Å². The van der Waals surface area contributed by atoms with Crippen molar-refractivity contribution in [1.82, 2.24) is 14.8 Å². The standard InChI is InChI=1S/C15H18F3N3O2/c1-20-6-7-23-13-3-5-21(9-12(13)20)14(22)10-2-4-19-8-11(10)15(16,17)18/h2,4,8,12-13H,3,5-7,9H2,1H3/t12-,13+/m1/s1. The predicted octanol–water partition coefficient (Wildman–Crippen LogP) is 1.65. The molecule has 2 atom stereocenters. The average Bonchev–Trinajstić information content (AvgIpc) is 2.53. The second kappa shape index (κ2) is 6.09. The summed E-state index contributed by atoms with van der Waals surface area (Å²) in [7, 11) is 1.95. The molecular weight excluding hydrogens is 311 g/mol. The van der Waals surface area contributed by atoms with Crippen LogP contribution < -0.4 is 0 Å². The third-order valence-corrected chi connectivity index (χ3v) is 4.51. The van der Waals surface area contributed by atoms with E-state index in [2.05, 4.69) is 9.88 Å². The predicted molar refractivity (Wildman–Crippen MR) is 75.9 cm³/mol. The topological polar surface area (TPSA) is 45.7 Å². The van der Waals surface area contributed by atoms with Gasteiger partial charge in [0.2, 0.25) is 0 Å². The molecule has 1 aromatic heterocycles. The van der Waals surface area contributed by atoms with Crippen LogP contribution in [0, 0.1) is 0 Å². The Morgan fingerprint density at radius 3 is 2.91 bits per heavy atom. The number of ether oxygens (including phenoxy) is 1. The molecule has 2 fully saturated rings. The molecule has 5 nitrogen and oxygen atoms in total. The third-order valence-electron chi connectivity index (χ3n) is 4.51. The fourth-order valence-electron chi connectivity index (χ4n) is 3.20. The number of carbonyl (C=O) groups excluding carboxylic acids is 1. The fourth-order valence-corrected chi connectivity index (χ4v) is 3.20. The Balaban J connectivity index is 1.82. The van der Waals surface area contributed by atoms with Crippen LogP contribution in [0.2, 0.25) is 0 Å². The largest absolute Gasteiger partial charge is 0.418 e. The van der Waals surface area contributed by atoms with Gasteiger partial charge in [0.25, 0.3) is 5.91 Å². The van der Waals surface area contributed by atoms with Crippen LogP contribution in [-0.4, -0.2) is 66.1 Å². The van der Waals surface area contributed by atoms with Crippen LogP contribution in [0.25, 0.3) is 0 Å². The van der Waals surface area contributed by atoms with Gasteiger partial charge in [0.15, 0.2) is 0 Å². The second-order valence-electron chi connectivity index (χ2n) is 5.92. The molecule has 3 rings (SSSR count). The van der Waals surface area contributed by atoms with Crippen LogP contribution in [0.3, 0.4) is 0 Å². The van der Waals surface area contributed by atoms with Gasteiger partial charge in [0.1, 0.15) is 0 Å². The van der Waals surface area contributed by atoms with Crippen molar-refractivity contribution in [3.05, 3.63) is 29.6 Å². The summed E-state index contributed by atoms with van der Waals surface area (Å²) in [6.45, 7) is 2.17. The lowest BCUT2D eigenvalue weighted by Crippen LogP contribution is -2.59. The first kappa shape index (κ1) is 16.2. The summed E-state index contributed by atoms with van der Waals surface area (Å²) in [6.07, 6.45) is -2.01. The highest BCUT2D eigenvalue weighted by Gasteiger charge is 2.40. The molecule has 0 aliphatic carbocycles. The van der Waals surface area contributed by atoms with Gasteiger partial charge in [-0.15, -0.1) is 0 Å². The van der Waals surface area contributed by atoms with Crippen molar-refractivity contribution in [2.75, 3.05) is 33.3 Å². The van der Waals surface area contributed by atoms with Crippen LogP contribution in [-0.2, 0) is 10.9 Å². The Morgan fingerprint density at radius 1 is 1.39 bits per heavy atom. The highest BCUT2D eigenvalue weighted by atomic mass is 19.4. The lowest BCUT2D eigenvalue weighted by Gasteiger charge is -2.45. The summed E-state index contributed by atoms with van der Waals surface area (Å²) in [5.74, 6) is -0.600. The molecule has 0 unspecified atom stereocenters. The molecule has 0 saturated carbocycles. The number of hydrogen-bond donors (Lipinski definition) is 0. The molecule has 1 amide bonds. The van der Waals surface area contributed by atoms with E-state index in [0.29, 0.717) is 32.3 Å². The molecule has 0 aromatic carbocycles. The van der Waals surface area contributed by atoms with E-state index in [1.165, 1.54) is 11.1 Å². The maximum absolute atomic E-state index is 13.1. The van der Waals surface area contributed by atoms with Crippen molar-refractivity contribution in [2.45, 2.75) is 24.7 Å². The number of piperidine rings is 1. The van der Waals surface area contributed by atoms with Gasteiger partial charge in [-0.2, -0.15) is 13.2 Å². The van der Waals surface area contributed by atoms with Crippen LogP contribution in [0.1, 0.15) is 22.3 Å². The van der Waals surface area contributed by atoms with Crippen molar-refractivity contribution in [1.29, 1.82) is 0 Å². The van der Waals surface area contributed by atoms with Gasteiger partial charge in [0, 0.05) is 32.0 Å². The molecule has 3 heterocycles. The Morgan fingerprint density at radius 2 is 2.17 bits per heavy atom. The van der Waals surface area contributed by atoms with E-state index in [4.69, 9.17) is 4.74 Å². The zero-order valence-electron chi connectivity index (χ0n) is 12.7. The number of halogens is 3. The number of alkyl halides is 3. The normalized spacial score (nSPS) is 26.0. The molecule has 0 bridgehead atoms. The van der Waals surface area contributed by atoms with E-state index >= 15 is 0 Å². The Labute approximate surface area is 132 Å². The average molecular weight is 329 g/mol.